The summed E-state index contributed by atoms with van der Waals surface area (Å²) >= 11 is 1.04. The number of allylic oxidation sites excluding steroid dienone is 1. The van der Waals surface area contributed by atoms with Gasteiger partial charge in [0.25, 0.3) is 0 Å². The van der Waals surface area contributed by atoms with E-state index in [2.05, 4.69) is 14.6 Å². The molecule has 7 aromatic rings. The first kappa shape index (κ1) is 28.2. The van der Waals surface area contributed by atoms with Crippen LogP contribution in [0.2, 0.25) is 0 Å². The Bertz CT molecular complexity index is 2660. The van der Waals surface area contributed by atoms with Crippen molar-refractivity contribution >= 4 is 44.0 Å². The van der Waals surface area contributed by atoms with E-state index in [-0.39, 0.29) is 0 Å². The van der Waals surface area contributed by atoms with Crippen molar-refractivity contribution < 1.29 is 22.7 Å². The first-order chi connectivity index (χ1) is 23.6. The van der Waals surface area contributed by atoms with Crippen molar-refractivity contribution in [3.8, 4) is 51.4 Å². The molecule has 11 heteroatoms. The van der Waals surface area contributed by atoms with Crippen LogP contribution >= 0.6 is 0 Å². The molecule has 0 atom stereocenters. The molecule has 0 saturated carbocycles. The van der Waals surface area contributed by atoms with Crippen molar-refractivity contribution in [1.82, 2.24) is 44.6 Å². The summed E-state index contributed by atoms with van der Waals surface area (Å²) in [5, 5.41) is 1.67. The van der Waals surface area contributed by atoms with Crippen LogP contribution in [0.3, 0.4) is 0 Å². The van der Waals surface area contributed by atoms with Crippen molar-refractivity contribution in [2.24, 2.45) is 0 Å². The predicted molar refractivity (Wildman–Crippen MR) is 182 cm³/mol. The molecule has 2 aliphatic rings. The van der Waals surface area contributed by atoms with Gasteiger partial charge in [0.15, 0.2) is 0 Å². The fourth-order valence-electron chi connectivity index (χ4n) is 5.99. The summed E-state index contributed by atoms with van der Waals surface area (Å²) in [6.07, 6.45) is 5.75. The van der Waals surface area contributed by atoms with Crippen LogP contribution in [0.15, 0.2) is 103 Å². The molecule has 0 amide bonds. The number of pyridine rings is 1. The maximum atomic E-state index is 6.60. The average Bonchev–Trinajstić information content (AvgIpc) is 3.84. The Morgan fingerprint density at radius 1 is 0.667 bits per heavy atom. The Kier molecular flexibility index (Phi) is 6.65. The molecule has 1 N–H and O–H groups in total. The topological polar surface area (TPSA) is 120 Å². The number of aryl methyl sites for hydroxylation is 1. The van der Waals surface area contributed by atoms with E-state index in [0.29, 0.717) is 51.8 Å². The molecule has 6 heterocycles. The number of aromatic amines is 1. The Morgan fingerprint density at radius 3 is 1.81 bits per heavy atom. The van der Waals surface area contributed by atoms with Gasteiger partial charge in [-0.3, -0.25) is 0 Å². The normalized spacial score (nSPS) is 11.9. The van der Waals surface area contributed by atoms with Crippen LogP contribution in [0.1, 0.15) is 11.1 Å². The number of hydrogen-bond donors (Lipinski definition) is 1. The maximum absolute atomic E-state index is 6.60. The molecule has 0 unspecified atom stereocenters. The quantitative estimate of drug-likeness (QED) is 0.196. The van der Waals surface area contributed by atoms with Crippen LogP contribution in [-0.2, 0) is 17.9 Å². The second-order valence-corrected chi connectivity index (χ2v) is 12.3. The van der Waals surface area contributed by atoms with Gasteiger partial charge in [-0.2, -0.15) is 0 Å². The second-order valence-electron chi connectivity index (χ2n) is 11.3. The monoisotopic (exact) mass is 673 g/mol. The van der Waals surface area contributed by atoms with Gasteiger partial charge in [-0.25, -0.2) is 4.98 Å². The molecule has 0 aliphatic carbocycles. The van der Waals surface area contributed by atoms with Crippen molar-refractivity contribution in [3.63, 3.8) is 0 Å². The van der Waals surface area contributed by atoms with Crippen LogP contribution in [0, 0.1) is 6.92 Å². The zero-order chi connectivity index (χ0) is 32.2. The summed E-state index contributed by atoms with van der Waals surface area (Å²) in [5.41, 5.74) is 7.51. The van der Waals surface area contributed by atoms with Gasteiger partial charge in [-0.1, -0.05) is 30.3 Å². The number of nitrogens with zero attached hydrogens (tertiary/aromatic N) is 8. The standard InChI is InChI=1S/C37H23N9O.Zn/c1-3-11-22-20-29-39-30(22)41-32-24-14-5-7-16-26(24)34(43-32)45-36-28-18-9-8-17-27(28)35(46(36)47-37-21(2)12-10-19-38-37)44-33-25-15-6-4-13-23(25)31(40-29)42-33;/h1,3-20H,2H3,(H,39,40,41,42,43,44,45);/b11-3-;. The Labute approximate surface area is 283 Å². The molecule has 0 saturated heterocycles. The first-order valence-electron chi connectivity index (χ1n) is 15.4. The molecule has 0 radical (unpaired) electrons. The number of benzene rings is 3. The minimum absolute atomic E-state index is 0.431. The van der Waals surface area contributed by atoms with Gasteiger partial charge >= 0.3 is 208 Å². The predicted octanol–water partition coefficient (Wildman–Crippen LogP) is 7.10. The molecule has 224 valence electrons. The number of H-pyrrole nitrogens is 1. The van der Waals surface area contributed by atoms with Gasteiger partial charge in [0.05, 0.1) is 0 Å². The third kappa shape index (κ3) is 4.67. The Morgan fingerprint density at radius 2 is 1.23 bits per heavy atom. The van der Waals surface area contributed by atoms with Crippen molar-refractivity contribution in [2.45, 2.75) is 6.92 Å². The van der Waals surface area contributed by atoms with E-state index in [1.165, 1.54) is 0 Å². The number of rotatable bonds is 4. The molecule has 48 heavy (non-hydrogen) atoms. The first-order valence-corrected chi connectivity index (χ1v) is 17.1. The van der Waals surface area contributed by atoms with Crippen LogP contribution in [0.4, 0.5) is 0 Å². The van der Waals surface area contributed by atoms with E-state index >= 15 is 0 Å². The molecular formula is C37H23N9OZn. The third-order valence-electron chi connectivity index (χ3n) is 8.27. The van der Waals surface area contributed by atoms with E-state index < -0.39 is 0 Å². The fourth-order valence-corrected chi connectivity index (χ4v) is 6.27. The van der Waals surface area contributed by atoms with E-state index in [0.717, 1.165) is 62.0 Å². The molecule has 10 nitrogen and oxygen atoms in total. The van der Waals surface area contributed by atoms with Gasteiger partial charge < -0.3 is 4.84 Å². The summed E-state index contributed by atoms with van der Waals surface area (Å²) in [5.74, 6) is 2.53. The van der Waals surface area contributed by atoms with E-state index in [4.69, 9.17) is 34.7 Å². The van der Waals surface area contributed by atoms with Gasteiger partial charge in [0.1, 0.15) is 0 Å². The van der Waals surface area contributed by atoms with E-state index in [1.807, 2.05) is 110 Å². The van der Waals surface area contributed by atoms with Gasteiger partial charge in [0, 0.05) is 17.1 Å². The van der Waals surface area contributed by atoms with E-state index in [9.17, 15) is 0 Å². The molecule has 0 spiro atoms. The molecular weight excluding hydrogens is 652 g/mol. The van der Waals surface area contributed by atoms with Gasteiger partial charge in [0.2, 0.25) is 5.88 Å². The zero-order valence-electron chi connectivity index (χ0n) is 25.7. The summed E-state index contributed by atoms with van der Waals surface area (Å²) in [6.45, 7) is 1.95. The van der Waals surface area contributed by atoms with Crippen molar-refractivity contribution in [3.05, 3.63) is 114 Å². The van der Waals surface area contributed by atoms with Gasteiger partial charge in [-0.15, -0.1) is 0 Å². The third-order valence-corrected chi connectivity index (χ3v) is 8.84. The van der Waals surface area contributed by atoms with Crippen LogP contribution < -0.4 is 4.84 Å². The number of fused-ring (bicyclic) bond motifs is 17. The summed E-state index contributed by atoms with van der Waals surface area (Å²) in [6, 6.07) is 29.7. The van der Waals surface area contributed by atoms with Crippen LogP contribution in [0.5, 0.6) is 5.88 Å². The summed E-state index contributed by atoms with van der Waals surface area (Å²) in [4.78, 5) is 44.9. The SMILES string of the molecule is Cc1cccnc1On1c2nc3nc(nc4cc(/C=C\[CH]=[Zn])c(nc5nc(nc1c1ccccc12)-c1ccccc1-5)[nH]4)-c1ccccc1-3. The second kappa shape index (κ2) is 11.3. The fraction of sp³-hybridized carbons (Fsp3) is 0.0270. The Hall–Kier alpha value is -6.06. The molecule has 9 rings (SSSR count). The molecule has 3 aromatic carbocycles. The Balaban J connectivity index is 1.48. The molecule has 4 aromatic heterocycles. The number of hydrogen-bond acceptors (Lipinski definition) is 8. The molecule has 0 fully saturated rings. The van der Waals surface area contributed by atoms with Crippen LogP contribution in [-0.4, -0.2) is 49.2 Å². The van der Waals surface area contributed by atoms with Crippen molar-refractivity contribution in [2.75, 3.05) is 0 Å². The van der Waals surface area contributed by atoms with E-state index in [1.54, 1.807) is 10.9 Å². The zero-order valence-corrected chi connectivity index (χ0v) is 28.6. The van der Waals surface area contributed by atoms with Crippen molar-refractivity contribution in [1.29, 1.82) is 0 Å². The number of nitrogens with one attached hydrogen (secondary N) is 1. The summed E-state index contributed by atoms with van der Waals surface area (Å²) < 4.78 is 3.73. The van der Waals surface area contributed by atoms with Crippen LogP contribution in [0.25, 0.3) is 85.0 Å². The number of aromatic nitrogens is 9. The molecule has 8 bridgehead atoms. The summed E-state index contributed by atoms with van der Waals surface area (Å²) in [7, 11) is 0. The molecule has 2 aliphatic heterocycles. The minimum atomic E-state index is 0.431. The van der Waals surface area contributed by atoms with Gasteiger partial charge in [-0.05, 0) is 13.0 Å². The average molecular weight is 675 g/mol.